The fourth-order valence-corrected chi connectivity index (χ4v) is 4.77. The number of aryl methyl sites for hydroxylation is 1. The Hall–Kier alpha value is -1.98. The summed E-state index contributed by atoms with van der Waals surface area (Å²) in [6, 6.07) is 8.61. The Morgan fingerprint density at radius 2 is 2.00 bits per heavy atom. The van der Waals surface area contributed by atoms with Crippen LogP contribution in [-0.4, -0.2) is 58.6 Å². The van der Waals surface area contributed by atoms with Crippen LogP contribution in [0, 0.1) is 12.3 Å². The average Bonchev–Trinajstić information content (AvgIpc) is 2.69. The third-order valence-corrected chi connectivity index (χ3v) is 6.49. The molecule has 0 atom stereocenters. The molecule has 27 heavy (non-hydrogen) atoms. The highest BCUT2D eigenvalue weighted by Crippen LogP contribution is 2.40. The first-order valence-electron chi connectivity index (χ1n) is 10.0. The van der Waals surface area contributed by atoms with Gasteiger partial charge in [0.1, 0.15) is 0 Å². The number of hydrogen-bond donors (Lipinski definition) is 1. The summed E-state index contributed by atoms with van der Waals surface area (Å²) in [6.45, 7) is 6.56. The van der Waals surface area contributed by atoms with Gasteiger partial charge in [-0.1, -0.05) is 18.2 Å². The highest BCUT2D eigenvalue weighted by molar-refractivity contribution is 5.84. The minimum Gasteiger partial charge on any atom is -0.395 e. The number of pyridine rings is 1. The van der Waals surface area contributed by atoms with E-state index in [1.165, 1.54) is 16.5 Å². The second kappa shape index (κ2) is 7.56. The van der Waals surface area contributed by atoms with E-state index in [9.17, 15) is 9.90 Å². The molecular weight excluding hydrogens is 338 g/mol. The summed E-state index contributed by atoms with van der Waals surface area (Å²) in [5.74, 6) is 0.204. The van der Waals surface area contributed by atoms with Gasteiger partial charge in [0, 0.05) is 37.6 Å². The Morgan fingerprint density at radius 3 is 2.78 bits per heavy atom. The van der Waals surface area contributed by atoms with Gasteiger partial charge in [-0.05, 0) is 61.9 Å². The molecule has 5 heteroatoms. The number of benzene rings is 1. The standard InChI is InChI=1S/C22H29N3O2/c1-17-4-5-18(19-3-2-10-23-21(17)19)15-24-11-8-22(9-12-24)7-6-20(27)25(16-22)13-14-26/h2-5,10,26H,6-9,11-16H2,1H3. The molecule has 2 aliphatic rings. The van der Waals surface area contributed by atoms with Crippen LogP contribution in [0.25, 0.3) is 10.9 Å². The summed E-state index contributed by atoms with van der Waals surface area (Å²) in [7, 11) is 0. The summed E-state index contributed by atoms with van der Waals surface area (Å²) < 4.78 is 0. The minimum atomic E-state index is 0.0580. The van der Waals surface area contributed by atoms with Crippen LogP contribution in [0.2, 0.25) is 0 Å². The number of amides is 1. The molecule has 144 valence electrons. The normalized spacial score (nSPS) is 20.5. The molecule has 4 rings (SSSR count). The Balaban J connectivity index is 1.43. The lowest BCUT2D eigenvalue weighted by atomic mass is 9.72. The van der Waals surface area contributed by atoms with Crippen molar-refractivity contribution in [1.82, 2.24) is 14.8 Å². The van der Waals surface area contributed by atoms with E-state index in [1.54, 1.807) is 0 Å². The van der Waals surface area contributed by atoms with Crippen LogP contribution < -0.4 is 0 Å². The first-order valence-corrected chi connectivity index (χ1v) is 10.0. The van der Waals surface area contributed by atoms with Crippen LogP contribution in [0.3, 0.4) is 0 Å². The molecule has 0 radical (unpaired) electrons. The number of nitrogens with zero attached hydrogens (tertiary/aromatic N) is 3. The third kappa shape index (κ3) is 3.71. The highest BCUT2D eigenvalue weighted by atomic mass is 16.3. The number of fused-ring (bicyclic) bond motifs is 1. The molecule has 1 aromatic heterocycles. The minimum absolute atomic E-state index is 0.0580. The topological polar surface area (TPSA) is 56.7 Å². The molecule has 2 fully saturated rings. The third-order valence-electron chi connectivity index (χ3n) is 6.49. The van der Waals surface area contributed by atoms with Gasteiger partial charge in [0.05, 0.1) is 12.1 Å². The Morgan fingerprint density at radius 1 is 1.19 bits per heavy atom. The van der Waals surface area contributed by atoms with Crippen LogP contribution in [0.4, 0.5) is 0 Å². The highest BCUT2D eigenvalue weighted by Gasteiger charge is 2.40. The van der Waals surface area contributed by atoms with E-state index in [1.807, 2.05) is 17.2 Å². The number of carbonyl (C=O) groups excluding carboxylic acids is 1. The molecule has 2 aliphatic heterocycles. The van der Waals surface area contributed by atoms with E-state index in [0.29, 0.717) is 13.0 Å². The molecule has 5 nitrogen and oxygen atoms in total. The second-order valence-corrected chi connectivity index (χ2v) is 8.26. The lowest BCUT2D eigenvalue weighted by molar-refractivity contribution is -0.139. The van der Waals surface area contributed by atoms with Crippen molar-refractivity contribution in [3.8, 4) is 0 Å². The first kappa shape index (κ1) is 18.4. The second-order valence-electron chi connectivity index (χ2n) is 8.26. The van der Waals surface area contributed by atoms with E-state index in [2.05, 4.69) is 35.0 Å². The van der Waals surface area contributed by atoms with Crippen molar-refractivity contribution in [3.05, 3.63) is 41.6 Å². The van der Waals surface area contributed by atoms with Crippen molar-refractivity contribution in [1.29, 1.82) is 0 Å². The zero-order valence-corrected chi connectivity index (χ0v) is 16.2. The molecule has 1 spiro atoms. The van der Waals surface area contributed by atoms with Crippen molar-refractivity contribution in [2.24, 2.45) is 5.41 Å². The Kier molecular flexibility index (Phi) is 5.15. The summed E-state index contributed by atoms with van der Waals surface area (Å²) >= 11 is 0. The number of rotatable bonds is 4. The molecule has 0 saturated carbocycles. The maximum absolute atomic E-state index is 12.1. The van der Waals surface area contributed by atoms with Crippen molar-refractivity contribution in [2.75, 3.05) is 32.8 Å². The van der Waals surface area contributed by atoms with Gasteiger partial charge in [0.25, 0.3) is 0 Å². The first-order chi connectivity index (χ1) is 13.1. The van der Waals surface area contributed by atoms with E-state index in [-0.39, 0.29) is 17.9 Å². The summed E-state index contributed by atoms with van der Waals surface area (Å²) in [6.07, 6.45) is 5.76. The smallest absolute Gasteiger partial charge is 0.222 e. The fourth-order valence-electron chi connectivity index (χ4n) is 4.77. The maximum atomic E-state index is 12.1. The number of carbonyl (C=O) groups is 1. The quantitative estimate of drug-likeness (QED) is 0.903. The van der Waals surface area contributed by atoms with E-state index < -0.39 is 0 Å². The average molecular weight is 367 g/mol. The predicted molar refractivity (Wildman–Crippen MR) is 106 cm³/mol. The van der Waals surface area contributed by atoms with E-state index in [4.69, 9.17) is 0 Å². The van der Waals surface area contributed by atoms with Crippen LogP contribution in [0.1, 0.15) is 36.8 Å². The lowest BCUT2D eigenvalue weighted by Crippen LogP contribution is -2.51. The molecule has 0 unspecified atom stereocenters. The zero-order chi connectivity index (χ0) is 18.9. The van der Waals surface area contributed by atoms with Crippen molar-refractivity contribution in [2.45, 2.75) is 39.2 Å². The molecule has 1 N–H and O–H groups in total. The summed E-state index contributed by atoms with van der Waals surface area (Å²) in [5.41, 5.74) is 3.92. The maximum Gasteiger partial charge on any atom is 0.222 e. The molecule has 3 heterocycles. The van der Waals surface area contributed by atoms with Crippen LogP contribution in [0.15, 0.2) is 30.5 Å². The van der Waals surface area contributed by atoms with Gasteiger partial charge in [-0.2, -0.15) is 0 Å². The number of aliphatic hydroxyl groups is 1. The van der Waals surface area contributed by atoms with Gasteiger partial charge in [0.15, 0.2) is 0 Å². The number of likely N-dealkylation sites (tertiary alicyclic amines) is 2. The molecule has 1 amide bonds. The molecule has 0 bridgehead atoms. The fraction of sp³-hybridized carbons (Fsp3) is 0.545. The molecule has 0 aliphatic carbocycles. The predicted octanol–water partition coefficient (Wildman–Crippen LogP) is 2.74. The van der Waals surface area contributed by atoms with E-state index in [0.717, 1.165) is 51.0 Å². The largest absolute Gasteiger partial charge is 0.395 e. The van der Waals surface area contributed by atoms with Crippen LogP contribution in [-0.2, 0) is 11.3 Å². The lowest BCUT2D eigenvalue weighted by Gasteiger charge is -2.47. The number of aromatic nitrogens is 1. The zero-order valence-electron chi connectivity index (χ0n) is 16.2. The van der Waals surface area contributed by atoms with Crippen molar-refractivity contribution >= 4 is 16.8 Å². The number of piperidine rings is 2. The van der Waals surface area contributed by atoms with Gasteiger partial charge >= 0.3 is 0 Å². The van der Waals surface area contributed by atoms with Crippen molar-refractivity contribution in [3.63, 3.8) is 0 Å². The van der Waals surface area contributed by atoms with Gasteiger partial charge in [-0.15, -0.1) is 0 Å². The Labute approximate surface area is 161 Å². The van der Waals surface area contributed by atoms with Gasteiger partial charge < -0.3 is 10.0 Å². The van der Waals surface area contributed by atoms with Gasteiger partial charge in [-0.3, -0.25) is 14.7 Å². The molecule has 2 saturated heterocycles. The Bertz CT molecular complexity index is 827. The SMILES string of the molecule is Cc1ccc(CN2CCC3(CCC(=O)N(CCO)C3)CC2)c2cccnc12. The molecular formula is C22H29N3O2. The molecule has 2 aromatic rings. The van der Waals surface area contributed by atoms with E-state index >= 15 is 0 Å². The number of hydrogen-bond acceptors (Lipinski definition) is 4. The van der Waals surface area contributed by atoms with Gasteiger partial charge in [-0.25, -0.2) is 0 Å². The van der Waals surface area contributed by atoms with Crippen LogP contribution >= 0.6 is 0 Å². The number of β-amino-alcohol motifs (C(OH)–C–C–N with tert-alkyl or cyclic N) is 1. The summed E-state index contributed by atoms with van der Waals surface area (Å²) in [4.78, 5) is 21.0. The molecule has 1 aromatic carbocycles. The monoisotopic (exact) mass is 367 g/mol. The van der Waals surface area contributed by atoms with Crippen LogP contribution in [0.5, 0.6) is 0 Å². The summed E-state index contributed by atoms with van der Waals surface area (Å²) in [5, 5.41) is 10.5. The number of aliphatic hydroxyl groups excluding tert-OH is 1. The van der Waals surface area contributed by atoms with Crippen molar-refractivity contribution < 1.29 is 9.90 Å². The van der Waals surface area contributed by atoms with Gasteiger partial charge in [0.2, 0.25) is 5.91 Å².